The number of rotatable bonds is 5. The molecule has 0 saturated carbocycles. The molecule has 0 N–H and O–H groups in total. The highest BCUT2D eigenvalue weighted by molar-refractivity contribution is 5.92. The molecule has 0 bridgehead atoms. The van der Waals surface area contributed by atoms with Gasteiger partial charge in [-0.1, -0.05) is 12.1 Å². The summed E-state index contributed by atoms with van der Waals surface area (Å²) in [5, 5.41) is 0. The Bertz CT molecular complexity index is 881. The lowest BCUT2D eigenvalue weighted by Gasteiger charge is -2.40. The lowest BCUT2D eigenvalue weighted by molar-refractivity contribution is 0.0649. The number of aromatic nitrogens is 1. The van der Waals surface area contributed by atoms with Gasteiger partial charge in [-0.15, -0.1) is 0 Å². The Morgan fingerprint density at radius 1 is 1.21 bits per heavy atom. The fraction of sp³-hybridized carbons (Fsp3) is 0.545. The summed E-state index contributed by atoms with van der Waals surface area (Å²) in [4.78, 5) is 21.3. The molecule has 1 aromatic carbocycles. The van der Waals surface area contributed by atoms with E-state index in [1.807, 2.05) is 24.0 Å². The first-order valence-electron chi connectivity index (χ1n) is 10.2. The highest BCUT2D eigenvalue weighted by Crippen LogP contribution is 2.41. The van der Waals surface area contributed by atoms with Crippen molar-refractivity contribution in [3.8, 4) is 11.5 Å². The van der Waals surface area contributed by atoms with Crippen molar-refractivity contribution in [3.05, 3.63) is 41.6 Å². The number of aryl methyl sites for hydroxylation is 1. The highest BCUT2D eigenvalue weighted by Gasteiger charge is 2.43. The number of nitrogens with zero attached hydrogens (tertiary/aromatic N) is 3. The lowest BCUT2D eigenvalue weighted by atomic mass is 9.79. The van der Waals surface area contributed by atoms with Crippen molar-refractivity contribution in [1.29, 1.82) is 0 Å². The van der Waals surface area contributed by atoms with Crippen LogP contribution >= 0.6 is 0 Å². The summed E-state index contributed by atoms with van der Waals surface area (Å²) in [7, 11) is 3.35. The first-order valence-corrected chi connectivity index (χ1v) is 10.2. The molecule has 2 aliphatic rings. The molecule has 7 heteroatoms. The predicted octanol–water partition coefficient (Wildman–Crippen LogP) is 3.13. The Hall–Kier alpha value is -2.54. The second kappa shape index (κ2) is 8.06. The van der Waals surface area contributed by atoms with Gasteiger partial charge in [0.1, 0.15) is 0 Å². The summed E-state index contributed by atoms with van der Waals surface area (Å²) >= 11 is 0. The topological polar surface area (TPSA) is 68.0 Å². The van der Waals surface area contributed by atoms with Gasteiger partial charge in [-0.05, 0) is 38.8 Å². The normalized spacial score (nSPS) is 22.2. The van der Waals surface area contributed by atoms with Crippen LogP contribution in [0, 0.1) is 12.3 Å². The van der Waals surface area contributed by atoms with E-state index in [0.29, 0.717) is 11.5 Å². The number of likely N-dealkylation sites (tertiary alicyclic amines) is 2. The van der Waals surface area contributed by atoms with Gasteiger partial charge in [-0.25, -0.2) is 4.98 Å². The number of methoxy groups -OCH3 is 2. The Morgan fingerprint density at radius 3 is 2.79 bits per heavy atom. The van der Waals surface area contributed by atoms with Crippen LogP contribution in [0.2, 0.25) is 0 Å². The fourth-order valence-electron chi connectivity index (χ4n) is 4.86. The zero-order valence-electron chi connectivity index (χ0n) is 17.4. The Morgan fingerprint density at radius 2 is 2.07 bits per heavy atom. The van der Waals surface area contributed by atoms with Gasteiger partial charge in [0.2, 0.25) is 5.76 Å². The lowest BCUT2D eigenvalue weighted by Crippen LogP contribution is -2.45. The Balaban J connectivity index is 1.45. The zero-order valence-corrected chi connectivity index (χ0v) is 17.4. The number of benzene rings is 1. The molecule has 1 spiro atoms. The number of piperidine rings is 1. The largest absolute Gasteiger partial charge is 0.493 e. The first-order chi connectivity index (χ1) is 14.0. The van der Waals surface area contributed by atoms with Crippen molar-refractivity contribution < 1.29 is 18.7 Å². The van der Waals surface area contributed by atoms with E-state index in [1.165, 1.54) is 6.39 Å². The van der Waals surface area contributed by atoms with Gasteiger partial charge >= 0.3 is 0 Å². The average molecular weight is 399 g/mol. The molecule has 1 atom stereocenters. The van der Waals surface area contributed by atoms with Gasteiger partial charge in [0, 0.05) is 37.2 Å². The van der Waals surface area contributed by atoms with Crippen LogP contribution in [0.4, 0.5) is 0 Å². The van der Waals surface area contributed by atoms with Crippen molar-refractivity contribution in [3.63, 3.8) is 0 Å². The number of carbonyl (C=O) groups is 1. The van der Waals surface area contributed by atoms with Gasteiger partial charge < -0.3 is 18.8 Å². The third-order valence-electron chi connectivity index (χ3n) is 6.28. The molecular formula is C22H29N3O4. The van der Waals surface area contributed by atoms with Crippen molar-refractivity contribution in [1.82, 2.24) is 14.8 Å². The summed E-state index contributed by atoms with van der Waals surface area (Å²) < 4.78 is 16.4. The molecule has 2 aromatic rings. The number of oxazole rings is 1. The molecule has 1 aromatic heterocycles. The van der Waals surface area contributed by atoms with Crippen LogP contribution in [0.1, 0.15) is 41.1 Å². The average Bonchev–Trinajstić information content (AvgIpc) is 3.34. The second-order valence-corrected chi connectivity index (χ2v) is 8.21. The van der Waals surface area contributed by atoms with Crippen molar-refractivity contribution in [2.45, 2.75) is 32.7 Å². The molecule has 29 heavy (non-hydrogen) atoms. The van der Waals surface area contributed by atoms with E-state index in [0.717, 1.165) is 69.0 Å². The Labute approximate surface area is 171 Å². The number of ether oxygens (including phenoxy) is 2. The van der Waals surface area contributed by atoms with E-state index in [2.05, 4.69) is 16.0 Å². The summed E-state index contributed by atoms with van der Waals surface area (Å²) in [6.45, 7) is 6.21. The molecule has 7 nitrogen and oxygen atoms in total. The van der Waals surface area contributed by atoms with E-state index in [1.54, 1.807) is 14.2 Å². The van der Waals surface area contributed by atoms with Crippen LogP contribution in [0.15, 0.2) is 29.0 Å². The molecule has 156 valence electrons. The molecule has 3 heterocycles. The number of hydrogen-bond acceptors (Lipinski definition) is 6. The third kappa shape index (κ3) is 3.83. The van der Waals surface area contributed by atoms with Crippen molar-refractivity contribution >= 4 is 5.91 Å². The van der Waals surface area contributed by atoms with E-state index in [9.17, 15) is 4.79 Å². The van der Waals surface area contributed by atoms with Crippen LogP contribution in [-0.4, -0.2) is 61.1 Å². The minimum Gasteiger partial charge on any atom is -0.493 e. The molecule has 2 saturated heterocycles. The SMILES string of the molecule is COc1cccc(CN2CCCC3(CCN(C(=O)c4ocnc4C)C3)C2)c1OC. The maximum absolute atomic E-state index is 12.8. The monoisotopic (exact) mass is 399 g/mol. The van der Waals surface area contributed by atoms with E-state index >= 15 is 0 Å². The number of carbonyl (C=O) groups excluding carboxylic acids is 1. The van der Waals surface area contributed by atoms with Crippen LogP contribution < -0.4 is 9.47 Å². The maximum atomic E-state index is 12.8. The van der Waals surface area contributed by atoms with E-state index < -0.39 is 0 Å². The van der Waals surface area contributed by atoms with Crippen LogP contribution in [0.5, 0.6) is 11.5 Å². The first kappa shape index (κ1) is 19.8. The molecule has 1 unspecified atom stereocenters. The summed E-state index contributed by atoms with van der Waals surface area (Å²) in [6.07, 6.45) is 4.66. The third-order valence-corrected chi connectivity index (χ3v) is 6.28. The highest BCUT2D eigenvalue weighted by atomic mass is 16.5. The standard InChI is InChI=1S/C22H29N3O4/c1-16-19(29-15-23-16)21(26)25-11-9-22(14-25)8-5-10-24(13-22)12-17-6-4-7-18(27-2)20(17)28-3/h4,6-7,15H,5,8-14H2,1-3H3. The zero-order chi connectivity index (χ0) is 20.4. The van der Waals surface area contributed by atoms with Crippen LogP contribution in [0.25, 0.3) is 0 Å². The van der Waals surface area contributed by atoms with Crippen molar-refractivity contribution in [2.75, 3.05) is 40.4 Å². The summed E-state index contributed by atoms with van der Waals surface area (Å²) in [5.74, 6) is 1.90. The van der Waals surface area contributed by atoms with Gasteiger partial charge in [-0.3, -0.25) is 9.69 Å². The number of hydrogen-bond donors (Lipinski definition) is 0. The maximum Gasteiger partial charge on any atom is 0.291 e. The smallest absolute Gasteiger partial charge is 0.291 e. The number of para-hydroxylation sites is 1. The fourth-order valence-corrected chi connectivity index (χ4v) is 4.86. The second-order valence-electron chi connectivity index (χ2n) is 8.21. The molecule has 4 rings (SSSR count). The minimum atomic E-state index is -0.0385. The van der Waals surface area contributed by atoms with Gasteiger partial charge in [0.25, 0.3) is 5.91 Å². The van der Waals surface area contributed by atoms with Crippen LogP contribution in [-0.2, 0) is 6.54 Å². The number of amides is 1. The van der Waals surface area contributed by atoms with Crippen molar-refractivity contribution in [2.24, 2.45) is 5.41 Å². The Kier molecular flexibility index (Phi) is 5.50. The molecule has 2 aliphatic heterocycles. The van der Waals surface area contributed by atoms with Crippen LogP contribution in [0.3, 0.4) is 0 Å². The van der Waals surface area contributed by atoms with Gasteiger partial charge in [0.05, 0.1) is 19.9 Å². The predicted molar refractivity (Wildman–Crippen MR) is 108 cm³/mol. The molecular weight excluding hydrogens is 370 g/mol. The quantitative estimate of drug-likeness (QED) is 0.770. The molecule has 1 amide bonds. The van der Waals surface area contributed by atoms with Gasteiger partial charge in [0.15, 0.2) is 17.9 Å². The van der Waals surface area contributed by atoms with Gasteiger partial charge in [-0.2, -0.15) is 0 Å². The summed E-state index contributed by atoms with van der Waals surface area (Å²) in [5.41, 5.74) is 1.94. The molecule has 0 aliphatic carbocycles. The van der Waals surface area contributed by atoms with E-state index in [-0.39, 0.29) is 11.3 Å². The van der Waals surface area contributed by atoms with E-state index in [4.69, 9.17) is 13.9 Å². The molecule has 0 radical (unpaired) electrons. The summed E-state index contributed by atoms with van der Waals surface area (Å²) in [6, 6.07) is 6.03. The molecule has 2 fully saturated rings. The minimum absolute atomic E-state index is 0.0385.